The van der Waals surface area contributed by atoms with E-state index in [1.807, 2.05) is 18.2 Å². The summed E-state index contributed by atoms with van der Waals surface area (Å²) in [4.78, 5) is 11.7. The maximum absolute atomic E-state index is 13.6. The average Bonchev–Trinajstić information content (AvgIpc) is 2.53. The van der Waals surface area contributed by atoms with Crippen LogP contribution in [0.25, 0.3) is 0 Å². The number of aliphatic hydroxyl groups is 1. The summed E-state index contributed by atoms with van der Waals surface area (Å²) < 4.78 is 31.5. The maximum Gasteiger partial charge on any atom is 0.407 e. The fourth-order valence-electron chi connectivity index (χ4n) is 2.04. The molecule has 23 heavy (non-hydrogen) atoms. The number of carbonyl (C=O) groups is 1. The van der Waals surface area contributed by atoms with Crippen LogP contribution in [-0.4, -0.2) is 17.2 Å². The van der Waals surface area contributed by atoms with Gasteiger partial charge in [0.2, 0.25) is 0 Å². The van der Waals surface area contributed by atoms with E-state index in [9.17, 15) is 18.7 Å². The third-order valence-electron chi connectivity index (χ3n) is 3.31. The average molecular weight is 321 g/mol. The van der Waals surface area contributed by atoms with E-state index in [-0.39, 0.29) is 12.2 Å². The number of halogens is 2. The van der Waals surface area contributed by atoms with Gasteiger partial charge >= 0.3 is 6.09 Å². The zero-order valence-electron chi connectivity index (χ0n) is 12.5. The third kappa shape index (κ3) is 4.75. The molecule has 4 nitrogen and oxygen atoms in total. The molecule has 0 bridgehead atoms. The van der Waals surface area contributed by atoms with Gasteiger partial charge in [0.15, 0.2) is 0 Å². The van der Waals surface area contributed by atoms with E-state index in [0.29, 0.717) is 6.07 Å². The van der Waals surface area contributed by atoms with Crippen molar-refractivity contribution in [3.05, 3.63) is 71.3 Å². The summed E-state index contributed by atoms with van der Waals surface area (Å²) >= 11 is 0. The molecule has 0 aliphatic heterocycles. The normalized spacial score (nSPS) is 13.2. The Hall–Kier alpha value is -2.47. The molecule has 122 valence electrons. The molecule has 6 heteroatoms. The summed E-state index contributed by atoms with van der Waals surface area (Å²) in [5.41, 5.74) is 0.725. The summed E-state index contributed by atoms with van der Waals surface area (Å²) in [5.74, 6) is -1.61. The summed E-state index contributed by atoms with van der Waals surface area (Å²) in [6.45, 7) is 1.58. The minimum absolute atomic E-state index is 0.0837. The van der Waals surface area contributed by atoms with E-state index in [0.717, 1.165) is 17.7 Å². The van der Waals surface area contributed by atoms with Crippen LogP contribution in [-0.2, 0) is 11.3 Å². The van der Waals surface area contributed by atoms with E-state index in [1.165, 1.54) is 6.92 Å². The molecule has 0 aliphatic carbocycles. The standard InChI is InChI=1S/C17H17F2NO3/c1-11(16(21)14-8-7-13(18)9-15(14)19)20-17(22)23-10-12-5-3-2-4-6-12/h2-9,11,16,21H,10H2,1H3,(H,20,22)/t11-,16-/m0/s1. The van der Waals surface area contributed by atoms with Gasteiger partial charge in [-0.25, -0.2) is 13.6 Å². The number of nitrogens with one attached hydrogen (secondary N) is 1. The van der Waals surface area contributed by atoms with Crippen LogP contribution < -0.4 is 5.32 Å². The molecule has 2 atom stereocenters. The lowest BCUT2D eigenvalue weighted by atomic mass is 10.0. The molecule has 0 saturated carbocycles. The zero-order valence-corrected chi connectivity index (χ0v) is 12.5. The third-order valence-corrected chi connectivity index (χ3v) is 3.31. The van der Waals surface area contributed by atoms with Gasteiger partial charge in [0.25, 0.3) is 0 Å². The van der Waals surface area contributed by atoms with Crippen LogP contribution in [0.15, 0.2) is 48.5 Å². The van der Waals surface area contributed by atoms with Gasteiger partial charge in [-0.1, -0.05) is 36.4 Å². The van der Waals surface area contributed by atoms with Crippen LogP contribution >= 0.6 is 0 Å². The SMILES string of the molecule is C[C@H](NC(=O)OCc1ccccc1)[C@H](O)c1ccc(F)cc1F. The number of rotatable bonds is 5. The number of benzene rings is 2. The van der Waals surface area contributed by atoms with E-state index >= 15 is 0 Å². The molecule has 2 aromatic rings. The number of carbonyl (C=O) groups excluding carboxylic acids is 1. The van der Waals surface area contributed by atoms with Crippen molar-refractivity contribution >= 4 is 6.09 Å². The molecular formula is C17H17F2NO3. The van der Waals surface area contributed by atoms with Crippen molar-refractivity contribution in [2.24, 2.45) is 0 Å². The lowest BCUT2D eigenvalue weighted by Gasteiger charge is -2.20. The number of hydrogen-bond acceptors (Lipinski definition) is 3. The Balaban J connectivity index is 1.90. The summed E-state index contributed by atoms with van der Waals surface area (Å²) in [6.07, 6.45) is -2.05. The van der Waals surface area contributed by atoms with Gasteiger partial charge in [0, 0.05) is 11.6 Å². The predicted molar refractivity (Wildman–Crippen MR) is 80.5 cm³/mol. The smallest absolute Gasteiger partial charge is 0.407 e. The van der Waals surface area contributed by atoms with Crippen LogP contribution in [0.5, 0.6) is 0 Å². The van der Waals surface area contributed by atoms with Crippen molar-refractivity contribution in [1.29, 1.82) is 0 Å². The minimum atomic E-state index is -1.32. The predicted octanol–water partition coefficient (Wildman–Crippen LogP) is 3.31. The summed E-state index contributed by atoms with van der Waals surface area (Å²) in [6, 6.07) is 11.2. The molecule has 2 aromatic carbocycles. The lowest BCUT2D eigenvalue weighted by molar-refractivity contribution is 0.105. The molecule has 0 unspecified atom stereocenters. The second kappa shape index (κ2) is 7.69. The Kier molecular flexibility index (Phi) is 5.65. The number of alkyl carbamates (subject to hydrolysis) is 1. The molecule has 1 amide bonds. The Bertz CT molecular complexity index is 664. The Morgan fingerprint density at radius 2 is 1.91 bits per heavy atom. The highest BCUT2D eigenvalue weighted by Gasteiger charge is 2.22. The van der Waals surface area contributed by atoms with Gasteiger partial charge in [-0.2, -0.15) is 0 Å². The minimum Gasteiger partial charge on any atom is -0.445 e. The molecule has 2 N–H and O–H groups in total. The fourth-order valence-corrected chi connectivity index (χ4v) is 2.04. The molecule has 0 radical (unpaired) electrons. The fraction of sp³-hybridized carbons (Fsp3) is 0.235. The zero-order chi connectivity index (χ0) is 16.8. The van der Waals surface area contributed by atoms with Crippen LogP contribution in [0.1, 0.15) is 24.2 Å². The Morgan fingerprint density at radius 3 is 2.57 bits per heavy atom. The van der Waals surface area contributed by atoms with Crippen molar-refractivity contribution < 1.29 is 23.4 Å². The highest BCUT2D eigenvalue weighted by molar-refractivity contribution is 5.67. The molecule has 0 fully saturated rings. The largest absolute Gasteiger partial charge is 0.445 e. The second-order valence-corrected chi connectivity index (χ2v) is 5.11. The monoisotopic (exact) mass is 321 g/mol. The maximum atomic E-state index is 13.6. The Morgan fingerprint density at radius 1 is 1.22 bits per heavy atom. The number of hydrogen-bond donors (Lipinski definition) is 2. The molecular weight excluding hydrogens is 304 g/mol. The van der Waals surface area contributed by atoms with E-state index in [2.05, 4.69) is 5.32 Å². The first-order chi connectivity index (χ1) is 11.0. The van der Waals surface area contributed by atoms with Gasteiger partial charge in [-0.05, 0) is 18.6 Å². The molecule has 0 saturated heterocycles. The number of ether oxygens (including phenoxy) is 1. The molecule has 0 aliphatic rings. The van der Waals surface area contributed by atoms with Crippen molar-refractivity contribution in [3.63, 3.8) is 0 Å². The van der Waals surface area contributed by atoms with Gasteiger partial charge in [0.1, 0.15) is 24.3 Å². The van der Waals surface area contributed by atoms with Crippen LogP contribution in [0.2, 0.25) is 0 Å². The highest BCUT2D eigenvalue weighted by atomic mass is 19.1. The number of aliphatic hydroxyl groups excluding tert-OH is 1. The molecule has 0 heterocycles. The quantitative estimate of drug-likeness (QED) is 0.888. The van der Waals surface area contributed by atoms with Crippen molar-refractivity contribution in [2.45, 2.75) is 25.7 Å². The topological polar surface area (TPSA) is 58.6 Å². The second-order valence-electron chi connectivity index (χ2n) is 5.11. The van der Waals surface area contributed by atoms with Crippen LogP contribution in [0, 0.1) is 11.6 Å². The first-order valence-electron chi connectivity index (χ1n) is 7.07. The highest BCUT2D eigenvalue weighted by Crippen LogP contribution is 2.21. The van der Waals surface area contributed by atoms with Gasteiger partial charge in [0.05, 0.1) is 6.04 Å². The first kappa shape index (κ1) is 16.9. The van der Waals surface area contributed by atoms with E-state index in [4.69, 9.17) is 4.74 Å². The number of amides is 1. The molecule has 2 rings (SSSR count). The lowest BCUT2D eigenvalue weighted by Crippen LogP contribution is -2.37. The Labute approximate surface area is 132 Å². The van der Waals surface area contributed by atoms with Crippen molar-refractivity contribution in [3.8, 4) is 0 Å². The summed E-state index contributed by atoms with van der Waals surface area (Å²) in [7, 11) is 0. The molecule has 0 aromatic heterocycles. The molecule has 0 spiro atoms. The first-order valence-corrected chi connectivity index (χ1v) is 7.07. The van der Waals surface area contributed by atoms with E-state index < -0.39 is 29.9 Å². The van der Waals surface area contributed by atoms with Crippen LogP contribution in [0.4, 0.5) is 13.6 Å². The van der Waals surface area contributed by atoms with Crippen molar-refractivity contribution in [2.75, 3.05) is 0 Å². The van der Waals surface area contributed by atoms with Crippen LogP contribution in [0.3, 0.4) is 0 Å². The van der Waals surface area contributed by atoms with Gasteiger partial charge in [-0.3, -0.25) is 0 Å². The summed E-state index contributed by atoms with van der Waals surface area (Å²) in [5, 5.41) is 12.5. The van der Waals surface area contributed by atoms with Crippen molar-refractivity contribution in [1.82, 2.24) is 5.32 Å². The van der Waals surface area contributed by atoms with Gasteiger partial charge in [-0.15, -0.1) is 0 Å². The van der Waals surface area contributed by atoms with Gasteiger partial charge < -0.3 is 15.2 Å². The van der Waals surface area contributed by atoms with E-state index in [1.54, 1.807) is 12.1 Å².